The number of carbonyl (C=O) groups is 1. The van der Waals surface area contributed by atoms with Crippen LogP contribution in [0.3, 0.4) is 0 Å². The molecule has 1 amide bonds. The van der Waals surface area contributed by atoms with Crippen LogP contribution in [0.5, 0.6) is 0 Å². The fraction of sp³-hybridized carbons (Fsp3) is 0.286. The summed E-state index contributed by atoms with van der Waals surface area (Å²) in [6.45, 7) is 1.60. The van der Waals surface area contributed by atoms with E-state index in [1.165, 1.54) is 0 Å². The van der Waals surface area contributed by atoms with Gasteiger partial charge in [-0.2, -0.15) is 16.9 Å². The van der Waals surface area contributed by atoms with Crippen LogP contribution < -0.4 is 0 Å². The molecule has 0 radical (unpaired) electrons. The van der Waals surface area contributed by atoms with Crippen LogP contribution >= 0.6 is 23.4 Å². The van der Waals surface area contributed by atoms with Gasteiger partial charge in [-0.3, -0.25) is 9.89 Å². The molecule has 0 aliphatic carbocycles. The van der Waals surface area contributed by atoms with Gasteiger partial charge in [0.2, 0.25) is 0 Å². The summed E-state index contributed by atoms with van der Waals surface area (Å²) >= 11 is 7.85. The Labute approximate surface area is 126 Å². The van der Waals surface area contributed by atoms with Crippen molar-refractivity contribution in [3.63, 3.8) is 0 Å². The van der Waals surface area contributed by atoms with Gasteiger partial charge in [-0.1, -0.05) is 23.7 Å². The maximum atomic E-state index is 12.3. The molecule has 104 valence electrons. The average molecular weight is 308 g/mol. The number of rotatable bonds is 2. The number of thioether (sulfide) groups is 1. The highest BCUT2D eigenvalue weighted by atomic mass is 35.5. The van der Waals surface area contributed by atoms with Gasteiger partial charge in [0.15, 0.2) is 0 Å². The minimum atomic E-state index is 0.0195. The number of aromatic nitrogens is 2. The number of hydrogen-bond donors (Lipinski definition) is 1. The Bertz CT molecular complexity index is 622. The first-order valence-electron chi connectivity index (χ1n) is 6.42. The summed E-state index contributed by atoms with van der Waals surface area (Å²) in [5.41, 5.74) is 2.18. The van der Waals surface area contributed by atoms with E-state index in [0.717, 1.165) is 35.9 Å². The zero-order valence-electron chi connectivity index (χ0n) is 10.8. The van der Waals surface area contributed by atoms with Gasteiger partial charge in [0.1, 0.15) is 5.69 Å². The Hall–Kier alpha value is -1.46. The molecule has 1 saturated heterocycles. The summed E-state index contributed by atoms with van der Waals surface area (Å²) in [4.78, 5) is 14.2. The van der Waals surface area contributed by atoms with E-state index in [1.807, 2.05) is 40.9 Å². The van der Waals surface area contributed by atoms with Crippen LogP contribution in [0, 0.1) is 0 Å². The average Bonchev–Trinajstić information content (AvgIpc) is 2.97. The first-order chi connectivity index (χ1) is 9.74. The molecular formula is C14H14ClN3OS. The lowest BCUT2D eigenvalue weighted by atomic mass is 10.1. The normalized spacial score (nSPS) is 15.3. The van der Waals surface area contributed by atoms with E-state index in [-0.39, 0.29) is 5.91 Å². The van der Waals surface area contributed by atoms with Gasteiger partial charge in [-0.05, 0) is 18.2 Å². The largest absolute Gasteiger partial charge is 0.336 e. The van der Waals surface area contributed by atoms with Gasteiger partial charge in [0.05, 0.1) is 5.69 Å². The highest BCUT2D eigenvalue weighted by Gasteiger charge is 2.20. The molecule has 0 spiro atoms. The lowest BCUT2D eigenvalue weighted by Crippen LogP contribution is -2.38. The number of nitrogens with one attached hydrogen (secondary N) is 1. The zero-order chi connectivity index (χ0) is 13.9. The van der Waals surface area contributed by atoms with Crippen LogP contribution in [0.2, 0.25) is 5.02 Å². The van der Waals surface area contributed by atoms with Crippen LogP contribution in [0.25, 0.3) is 11.3 Å². The van der Waals surface area contributed by atoms with Crippen molar-refractivity contribution in [2.24, 2.45) is 0 Å². The predicted octanol–water partition coefficient (Wildman–Crippen LogP) is 2.92. The molecule has 4 nitrogen and oxygen atoms in total. The molecule has 2 aromatic rings. The number of hydrogen-bond acceptors (Lipinski definition) is 3. The third-order valence-electron chi connectivity index (χ3n) is 3.23. The molecule has 1 aromatic carbocycles. The fourth-order valence-corrected chi connectivity index (χ4v) is 3.26. The van der Waals surface area contributed by atoms with E-state index in [1.54, 1.807) is 6.07 Å². The molecular weight excluding hydrogens is 294 g/mol. The summed E-state index contributed by atoms with van der Waals surface area (Å²) in [6, 6.07) is 9.23. The molecule has 1 N–H and O–H groups in total. The van der Waals surface area contributed by atoms with Gasteiger partial charge in [-0.15, -0.1) is 0 Å². The van der Waals surface area contributed by atoms with Gasteiger partial charge >= 0.3 is 0 Å². The fourth-order valence-electron chi connectivity index (χ4n) is 2.16. The van der Waals surface area contributed by atoms with Crippen molar-refractivity contribution in [1.29, 1.82) is 0 Å². The van der Waals surface area contributed by atoms with Gasteiger partial charge in [-0.25, -0.2) is 0 Å². The molecule has 0 atom stereocenters. The van der Waals surface area contributed by atoms with E-state index >= 15 is 0 Å². The maximum absolute atomic E-state index is 12.3. The predicted molar refractivity (Wildman–Crippen MR) is 82.3 cm³/mol. The quantitative estimate of drug-likeness (QED) is 0.928. The number of halogens is 1. The SMILES string of the molecule is O=C(c1cc(-c2cccc(Cl)c2)n[nH]1)N1CCSCC1. The van der Waals surface area contributed by atoms with Crippen LogP contribution in [0.4, 0.5) is 0 Å². The standard InChI is InChI=1S/C14H14ClN3OS/c15-11-3-1-2-10(8-11)12-9-13(17-16-12)14(19)18-4-6-20-7-5-18/h1-3,8-9H,4-7H2,(H,16,17). The van der Waals surface area contributed by atoms with Gasteiger partial charge in [0, 0.05) is 35.2 Å². The smallest absolute Gasteiger partial charge is 0.271 e. The lowest BCUT2D eigenvalue weighted by molar-refractivity contribution is 0.0766. The summed E-state index contributed by atoms with van der Waals surface area (Å²) in [7, 11) is 0. The number of H-pyrrole nitrogens is 1. The van der Waals surface area contributed by atoms with Crippen LogP contribution in [-0.4, -0.2) is 45.6 Å². The minimum absolute atomic E-state index is 0.0195. The molecule has 20 heavy (non-hydrogen) atoms. The van der Waals surface area contributed by atoms with Crippen molar-refractivity contribution < 1.29 is 4.79 Å². The summed E-state index contributed by atoms with van der Waals surface area (Å²) < 4.78 is 0. The molecule has 0 bridgehead atoms. The molecule has 6 heteroatoms. The highest BCUT2D eigenvalue weighted by Crippen LogP contribution is 2.22. The van der Waals surface area contributed by atoms with E-state index < -0.39 is 0 Å². The Morgan fingerprint density at radius 1 is 1.30 bits per heavy atom. The van der Waals surface area contributed by atoms with E-state index in [0.29, 0.717) is 10.7 Å². The second kappa shape index (κ2) is 5.89. The van der Waals surface area contributed by atoms with E-state index in [9.17, 15) is 4.79 Å². The molecule has 3 rings (SSSR count). The van der Waals surface area contributed by atoms with Gasteiger partial charge < -0.3 is 4.90 Å². The molecule has 1 aliphatic heterocycles. The second-order valence-electron chi connectivity index (χ2n) is 4.58. The number of benzene rings is 1. The van der Waals surface area contributed by atoms with Crippen molar-refractivity contribution in [1.82, 2.24) is 15.1 Å². The Balaban J connectivity index is 1.81. The monoisotopic (exact) mass is 307 g/mol. The minimum Gasteiger partial charge on any atom is -0.336 e. The van der Waals surface area contributed by atoms with Crippen LogP contribution in [-0.2, 0) is 0 Å². The second-order valence-corrected chi connectivity index (χ2v) is 6.24. The zero-order valence-corrected chi connectivity index (χ0v) is 12.4. The molecule has 1 fully saturated rings. The van der Waals surface area contributed by atoms with Crippen molar-refractivity contribution in [3.8, 4) is 11.3 Å². The Kier molecular flexibility index (Phi) is 3.98. The van der Waals surface area contributed by atoms with Crippen LogP contribution in [0.1, 0.15) is 10.5 Å². The summed E-state index contributed by atoms with van der Waals surface area (Å²) in [5, 5.41) is 7.70. The van der Waals surface area contributed by atoms with Gasteiger partial charge in [0.25, 0.3) is 5.91 Å². The number of carbonyl (C=O) groups excluding carboxylic acids is 1. The summed E-state index contributed by atoms with van der Waals surface area (Å²) in [5.74, 6) is 2.02. The molecule has 1 aliphatic rings. The Morgan fingerprint density at radius 3 is 2.85 bits per heavy atom. The van der Waals surface area contributed by atoms with Crippen molar-refractivity contribution in [2.45, 2.75) is 0 Å². The van der Waals surface area contributed by atoms with Crippen molar-refractivity contribution in [3.05, 3.63) is 41.0 Å². The van der Waals surface area contributed by atoms with Crippen molar-refractivity contribution in [2.75, 3.05) is 24.6 Å². The third-order valence-corrected chi connectivity index (χ3v) is 4.40. The number of nitrogens with zero attached hydrogens (tertiary/aromatic N) is 2. The number of amides is 1. The first-order valence-corrected chi connectivity index (χ1v) is 7.96. The molecule has 0 unspecified atom stereocenters. The molecule has 1 aromatic heterocycles. The molecule has 2 heterocycles. The third kappa shape index (κ3) is 2.83. The number of aromatic amines is 1. The topological polar surface area (TPSA) is 49.0 Å². The maximum Gasteiger partial charge on any atom is 0.271 e. The highest BCUT2D eigenvalue weighted by molar-refractivity contribution is 7.99. The van der Waals surface area contributed by atoms with Crippen LogP contribution in [0.15, 0.2) is 30.3 Å². The Morgan fingerprint density at radius 2 is 2.10 bits per heavy atom. The van der Waals surface area contributed by atoms with Crippen molar-refractivity contribution >= 4 is 29.3 Å². The summed E-state index contributed by atoms with van der Waals surface area (Å²) in [6.07, 6.45) is 0. The first kappa shape index (κ1) is 13.5. The van der Waals surface area contributed by atoms with E-state index in [4.69, 9.17) is 11.6 Å². The molecule has 0 saturated carbocycles. The van der Waals surface area contributed by atoms with E-state index in [2.05, 4.69) is 10.2 Å². The lowest BCUT2D eigenvalue weighted by Gasteiger charge is -2.25.